The summed E-state index contributed by atoms with van der Waals surface area (Å²) in [6.07, 6.45) is 5.92. The lowest BCUT2D eigenvalue weighted by Crippen LogP contribution is -2.21. The van der Waals surface area contributed by atoms with E-state index >= 15 is 0 Å². The fourth-order valence-electron chi connectivity index (χ4n) is 3.13. The summed E-state index contributed by atoms with van der Waals surface area (Å²) in [7, 11) is 1.59. The molecule has 3 rings (SSSR count). The number of carbonyl (C=O) groups is 1. The first-order valence-electron chi connectivity index (χ1n) is 9.31. The normalized spacial score (nSPS) is 14.7. The van der Waals surface area contributed by atoms with Gasteiger partial charge in [-0.05, 0) is 49.2 Å². The number of ether oxygens (including phenoxy) is 2. The molecule has 0 aromatic heterocycles. The van der Waals surface area contributed by atoms with Crippen LogP contribution < -0.4 is 14.5 Å². The molecule has 1 aliphatic rings. The Hall–Kier alpha value is -3.60. The maximum Gasteiger partial charge on any atom is 0.280 e. The molecule has 0 atom stereocenters. The minimum atomic E-state index is -0.162. The monoisotopic (exact) mass is 388 g/mol. The van der Waals surface area contributed by atoms with Gasteiger partial charge in [-0.15, -0.1) is 6.58 Å². The van der Waals surface area contributed by atoms with Gasteiger partial charge in [0.15, 0.2) is 11.5 Å². The zero-order valence-corrected chi connectivity index (χ0v) is 16.7. The third kappa shape index (κ3) is 4.29. The van der Waals surface area contributed by atoms with Crippen molar-refractivity contribution in [3.8, 4) is 11.5 Å². The highest BCUT2D eigenvalue weighted by Crippen LogP contribution is 2.35. The molecule has 0 saturated heterocycles. The van der Waals surface area contributed by atoms with Crippen LogP contribution in [-0.4, -0.2) is 25.3 Å². The van der Waals surface area contributed by atoms with Crippen molar-refractivity contribution in [3.63, 3.8) is 0 Å². The van der Waals surface area contributed by atoms with Crippen LogP contribution in [0.25, 0.3) is 6.08 Å². The van der Waals surface area contributed by atoms with Gasteiger partial charge in [0.25, 0.3) is 5.91 Å². The molecule has 5 heteroatoms. The minimum absolute atomic E-state index is 0.162. The van der Waals surface area contributed by atoms with Gasteiger partial charge in [-0.2, -0.15) is 10.1 Å². The van der Waals surface area contributed by atoms with Crippen LogP contribution in [0.1, 0.15) is 18.1 Å². The number of amides is 1. The predicted octanol–water partition coefficient (Wildman–Crippen LogP) is 4.79. The molecule has 1 aliphatic heterocycles. The van der Waals surface area contributed by atoms with Gasteiger partial charge in [0.1, 0.15) is 6.61 Å². The lowest BCUT2D eigenvalue weighted by atomic mass is 10.0. The summed E-state index contributed by atoms with van der Waals surface area (Å²) in [6.45, 7) is 9.71. The van der Waals surface area contributed by atoms with Crippen molar-refractivity contribution < 1.29 is 14.3 Å². The predicted molar refractivity (Wildman–Crippen MR) is 118 cm³/mol. The number of rotatable bonds is 8. The Morgan fingerprint density at radius 1 is 1.14 bits per heavy atom. The van der Waals surface area contributed by atoms with Gasteiger partial charge in [-0.25, -0.2) is 0 Å². The molecule has 5 nitrogen and oxygen atoms in total. The molecule has 0 spiro atoms. The summed E-state index contributed by atoms with van der Waals surface area (Å²) in [6, 6.07) is 13.2. The molecule has 0 unspecified atom stereocenters. The van der Waals surface area contributed by atoms with Crippen molar-refractivity contribution in [2.45, 2.75) is 13.3 Å². The highest BCUT2D eigenvalue weighted by molar-refractivity contribution is 6.32. The molecule has 2 aromatic rings. The summed E-state index contributed by atoms with van der Waals surface area (Å²) in [4.78, 5) is 13.0. The Labute approximate surface area is 171 Å². The molecule has 0 aliphatic carbocycles. The van der Waals surface area contributed by atoms with Gasteiger partial charge in [0.2, 0.25) is 0 Å². The largest absolute Gasteiger partial charge is 0.493 e. The van der Waals surface area contributed by atoms with Crippen LogP contribution >= 0.6 is 0 Å². The van der Waals surface area contributed by atoms with E-state index in [2.05, 4.69) is 18.3 Å². The van der Waals surface area contributed by atoms with Crippen LogP contribution in [0, 0.1) is 0 Å². The first-order valence-corrected chi connectivity index (χ1v) is 9.31. The van der Waals surface area contributed by atoms with Crippen LogP contribution in [0.4, 0.5) is 5.69 Å². The van der Waals surface area contributed by atoms with E-state index in [4.69, 9.17) is 9.47 Å². The fourth-order valence-corrected chi connectivity index (χ4v) is 3.13. The number of hydrogen-bond acceptors (Lipinski definition) is 4. The second-order valence-electron chi connectivity index (χ2n) is 6.50. The van der Waals surface area contributed by atoms with Gasteiger partial charge in [-0.3, -0.25) is 4.79 Å². The first-order chi connectivity index (χ1) is 14.1. The van der Waals surface area contributed by atoms with Crippen molar-refractivity contribution >= 4 is 23.4 Å². The molecule has 1 heterocycles. The third-order valence-corrected chi connectivity index (χ3v) is 4.46. The number of anilines is 1. The van der Waals surface area contributed by atoms with Crippen molar-refractivity contribution in [1.82, 2.24) is 0 Å². The SMILES string of the molecule is C=CCOc1c(CC=C)cc(/C=C2/C(=O)N(c3ccccc3)N=C2C)cc1OC. The number of benzene rings is 2. The van der Waals surface area contributed by atoms with Gasteiger partial charge in [-0.1, -0.05) is 36.9 Å². The Morgan fingerprint density at radius 3 is 2.55 bits per heavy atom. The van der Waals surface area contributed by atoms with E-state index < -0.39 is 0 Å². The van der Waals surface area contributed by atoms with E-state index in [0.717, 1.165) is 16.8 Å². The number of hydrogen-bond donors (Lipinski definition) is 0. The average molecular weight is 388 g/mol. The molecular formula is C24H24N2O3. The Bertz CT molecular complexity index is 991. The molecule has 1 amide bonds. The fraction of sp³-hybridized carbons (Fsp3) is 0.167. The van der Waals surface area contributed by atoms with Gasteiger partial charge in [0.05, 0.1) is 24.1 Å². The van der Waals surface area contributed by atoms with E-state index in [-0.39, 0.29) is 5.91 Å². The standard InChI is InChI=1S/C24H24N2O3/c1-5-10-19-14-18(16-22(28-4)23(19)29-13-6-2)15-21-17(3)25-26(24(21)27)20-11-8-7-9-12-20/h5-9,11-12,14-16H,1-2,10,13H2,3-4H3/b21-15+. The number of carbonyl (C=O) groups excluding carboxylic acids is 1. The van der Waals surface area contributed by atoms with E-state index in [9.17, 15) is 4.79 Å². The molecule has 0 radical (unpaired) electrons. The maximum absolute atomic E-state index is 13.0. The number of methoxy groups -OCH3 is 1. The molecule has 0 fully saturated rings. The summed E-state index contributed by atoms with van der Waals surface area (Å²) in [5, 5.41) is 5.85. The van der Waals surface area contributed by atoms with Crippen LogP contribution in [-0.2, 0) is 11.2 Å². The smallest absolute Gasteiger partial charge is 0.280 e. The lowest BCUT2D eigenvalue weighted by molar-refractivity contribution is -0.114. The Balaban J connectivity index is 2.00. The van der Waals surface area contributed by atoms with Crippen LogP contribution in [0.5, 0.6) is 11.5 Å². The Morgan fingerprint density at radius 2 is 1.90 bits per heavy atom. The molecule has 0 saturated carbocycles. The van der Waals surface area contributed by atoms with Crippen LogP contribution in [0.15, 0.2) is 78.4 Å². The zero-order valence-electron chi connectivity index (χ0n) is 16.7. The highest BCUT2D eigenvalue weighted by atomic mass is 16.5. The third-order valence-electron chi connectivity index (χ3n) is 4.46. The van der Waals surface area contributed by atoms with E-state index in [1.807, 2.05) is 55.5 Å². The maximum atomic E-state index is 13.0. The number of allylic oxidation sites excluding steroid dienone is 1. The van der Waals surface area contributed by atoms with Crippen molar-refractivity contribution in [2.24, 2.45) is 5.10 Å². The van der Waals surface area contributed by atoms with E-state index in [1.54, 1.807) is 19.3 Å². The minimum Gasteiger partial charge on any atom is -0.493 e. The van der Waals surface area contributed by atoms with Crippen molar-refractivity contribution in [1.29, 1.82) is 0 Å². The topological polar surface area (TPSA) is 51.1 Å². The number of hydrazone groups is 1. The van der Waals surface area contributed by atoms with Gasteiger partial charge >= 0.3 is 0 Å². The second-order valence-corrected chi connectivity index (χ2v) is 6.50. The summed E-state index contributed by atoms with van der Waals surface area (Å²) in [5.74, 6) is 1.09. The molecule has 148 valence electrons. The van der Waals surface area contributed by atoms with Crippen LogP contribution in [0.3, 0.4) is 0 Å². The van der Waals surface area contributed by atoms with Crippen molar-refractivity contribution in [3.05, 3.63) is 84.5 Å². The molecular weight excluding hydrogens is 364 g/mol. The molecule has 0 bridgehead atoms. The Kier molecular flexibility index (Phi) is 6.29. The quantitative estimate of drug-likeness (QED) is 0.482. The summed E-state index contributed by atoms with van der Waals surface area (Å²) < 4.78 is 11.3. The van der Waals surface area contributed by atoms with Gasteiger partial charge in [0, 0.05) is 5.56 Å². The zero-order chi connectivity index (χ0) is 20.8. The van der Waals surface area contributed by atoms with E-state index in [0.29, 0.717) is 35.8 Å². The van der Waals surface area contributed by atoms with Crippen molar-refractivity contribution in [2.75, 3.05) is 18.7 Å². The molecule has 0 N–H and O–H groups in total. The first kappa shape index (κ1) is 20.1. The second kappa shape index (κ2) is 9.06. The number of nitrogens with zero attached hydrogens (tertiary/aromatic N) is 2. The highest BCUT2D eigenvalue weighted by Gasteiger charge is 2.28. The average Bonchev–Trinajstić information content (AvgIpc) is 3.01. The molecule has 29 heavy (non-hydrogen) atoms. The van der Waals surface area contributed by atoms with E-state index in [1.165, 1.54) is 5.01 Å². The van der Waals surface area contributed by atoms with Gasteiger partial charge < -0.3 is 9.47 Å². The van der Waals surface area contributed by atoms with Crippen LogP contribution in [0.2, 0.25) is 0 Å². The lowest BCUT2D eigenvalue weighted by Gasteiger charge is -2.15. The summed E-state index contributed by atoms with van der Waals surface area (Å²) >= 11 is 0. The summed E-state index contributed by atoms with van der Waals surface area (Å²) in [5.41, 5.74) is 3.69. The molecule has 2 aromatic carbocycles. The number of para-hydroxylation sites is 1.